The van der Waals surface area contributed by atoms with Gasteiger partial charge in [0, 0.05) is 5.38 Å². The molecule has 0 aliphatic heterocycles. The first-order valence-electron chi connectivity index (χ1n) is 2.86. The normalized spacial score (nSPS) is 11.6. The lowest BCUT2D eigenvalue weighted by molar-refractivity contribution is -0.170. The SMILES string of the molecule is O=C(Cc1csnn1)C(F)(F)F. The standard InChI is InChI=1S/C5H3F3N2OS/c6-5(7,8)4(11)1-3-2-12-10-9-3/h2H,1H2. The molecule has 1 aromatic heterocycles. The molecule has 66 valence electrons. The van der Waals surface area contributed by atoms with Crippen LogP contribution in [0.25, 0.3) is 0 Å². The Bertz CT molecular complexity index is 269. The Hall–Kier alpha value is -0.980. The Morgan fingerprint density at radius 3 is 2.67 bits per heavy atom. The van der Waals surface area contributed by atoms with Crippen LogP contribution in [-0.2, 0) is 11.2 Å². The van der Waals surface area contributed by atoms with E-state index in [0.29, 0.717) is 0 Å². The number of aromatic nitrogens is 2. The molecule has 0 atom stereocenters. The number of rotatable bonds is 2. The van der Waals surface area contributed by atoms with Crippen molar-refractivity contribution in [2.45, 2.75) is 12.6 Å². The van der Waals surface area contributed by atoms with Crippen molar-refractivity contribution < 1.29 is 18.0 Å². The molecule has 0 radical (unpaired) electrons. The molecule has 0 unspecified atom stereocenters. The molecule has 0 aromatic carbocycles. The molecule has 0 amide bonds. The van der Waals surface area contributed by atoms with E-state index in [1.807, 2.05) is 0 Å². The van der Waals surface area contributed by atoms with Gasteiger partial charge in [-0.3, -0.25) is 4.79 Å². The van der Waals surface area contributed by atoms with Crippen molar-refractivity contribution in [2.75, 3.05) is 0 Å². The summed E-state index contributed by atoms with van der Waals surface area (Å²) in [5.41, 5.74) is 0.0577. The molecule has 1 aromatic rings. The summed E-state index contributed by atoms with van der Waals surface area (Å²) < 4.78 is 38.3. The fourth-order valence-electron chi connectivity index (χ4n) is 0.526. The predicted octanol–water partition coefficient (Wildman–Crippen LogP) is 1.21. The zero-order chi connectivity index (χ0) is 9.19. The molecule has 0 N–H and O–H groups in total. The van der Waals surface area contributed by atoms with Crippen LogP contribution in [0.15, 0.2) is 5.38 Å². The highest BCUT2D eigenvalue weighted by molar-refractivity contribution is 7.03. The highest BCUT2D eigenvalue weighted by Gasteiger charge is 2.38. The lowest BCUT2D eigenvalue weighted by atomic mass is 10.2. The maximum atomic E-state index is 11.6. The third kappa shape index (κ3) is 2.26. The predicted molar refractivity (Wildman–Crippen MR) is 34.7 cm³/mol. The van der Waals surface area contributed by atoms with Crippen LogP contribution in [0.4, 0.5) is 13.2 Å². The highest BCUT2D eigenvalue weighted by Crippen LogP contribution is 2.18. The number of carbonyl (C=O) groups is 1. The summed E-state index contributed by atoms with van der Waals surface area (Å²) in [4.78, 5) is 10.3. The van der Waals surface area contributed by atoms with Crippen LogP contribution in [0.3, 0.4) is 0 Å². The maximum absolute atomic E-state index is 11.6. The molecule has 3 nitrogen and oxygen atoms in total. The van der Waals surface area contributed by atoms with E-state index in [-0.39, 0.29) is 5.69 Å². The van der Waals surface area contributed by atoms with Crippen molar-refractivity contribution in [3.05, 3.63) is 11.1 Å². The average molecular weight is 196 g/mol. The molecule has 0 spiro atoms. The van der Waals surface area contributed by atoms with Crippen LogP contribution in [-0.4, -0.2) is 21.5 Å². The van der Waals surface area contributed by atoms with Gasteiger partial charge in [0.15, 0.2) is 0 Å². The van der Waals surface area contributed by atoms with E-state index in [9.17, 15) is 18.0 Å². The monoisotopic (exact) mass is 196 g/mol. The summed E-state index contributed by atoms with van der Waals surface area (Å²) in [5, 5.41) is 4.63. The molecule has 1 heterocycles. The molecule has 0 saturated heterocycles. The minimum absolute atomic E-state index is 0.0577. The fourth-order valence-corrected chi connectivity index (χ4v) is 0.977. The Labute approximate surface area is 69.4 Å². The second-order valence-electron chi connectivity index (χ2n) is 1.99. The topological polar surface area (TPSA) is 42.9 Å². The number of carbonyl (C=O) groups excluding carboxylic acids is 1. The van der Waals surface area contributed by atoms with E-state index in [4.69, 9.17) is 0 Å². The van der Waals surface area contributed by atoms with Crippen LogP contribution in [0.2, 0.25) is 0 Å². The Balaban J connectivity index is 2.60. The van der Waals surface area contributed by atoms with Gasteiger partial charge in [0.1, 0.15) is 0 Å². The van der Waals surface area contributed by atoms with Crippen LogP contribution >= 0.6 is 11.5 Å². The van der Waals surface area contributed by atoms with E-state index in [0.717, 1.165) is 11.5 Å². The van der Waals surface area contributed by atoms with Crippen molar-refractivity contribution in [3.8, 4) is 0 Å². The Kier molecular flexibility index (Phi) is 2.41. The summed E-state index contributed by atoms with van der Waals surface area (Å²) in [7, 11) is 0. The lowest BCUT2D eigenvalue weighted by Gasteiger charge is -2.01. The van der Waals surface area contributed by atoms with Crippen molar-refractivity contribution in [1.82, 2.24) is 9.59 Å². The summed E-state index contributed by atoms with van der Waals surface area (Å²) in [6.07, 6.45) is -5.50. The number of alkyl halides is 3. The molecular weight excluding hydrogens is 193 g/mol. The molecule has 7 heteroatoms. The van der Waals surface area contributed by atoms with Crippen LogP contribution < -0.4 is 0 Å². The van der Waals surface area contributed by atoms with Gasteiger partial charge in [-0.1, -0.05) is 4.49 Å². The number of ketones is 1. The lowest BCUT2D eigenvalue weighted by Crippen LogP contribution is -2.24. The largest absolute Gasteiger partial charge is 0.450 e. The van der Waals surface area contributed by atoms with Gasteiger partial charge < -0.3 is 0 Å². The summed E-state index contributed by atoms with van der Waals surface area (Å²) in [6.45, 7) is 0. The van der Waals surface area contributed by atoms with Crippen molar-refractivity contribution in [3.63, 3.8) is 0 Å². The van der Waals surface area contributed by atoms with Gasteiger partial charge in [-0.25, -0.2) is 0 Å². The quantitative estimate of drug-likeness (QED) is 0.714. The van der Waals surface area contributed by atoms with Crippen molar-refractivity contribution in [1.29, 1.82) is 0 Å². The zero-order valence-electron chi connectivity index (χ0n) is 5.63. The van der Waals surface area contributed by atoms with Crippen molar-refractivity contribution in [2.24, 2.45) is 0 Å². The van der Waals surface area contributed by atoms with Crippen LogP contribution in [0, 0.1) is 0 Å². The molecular formula is C5H3F3N2OS. The second kappa shape index (κ2) is 3.18. The molecule has 1 rings (SSSR count). The first-order chi connectivity index (χ1) is 5.50. The molecule has 0 fully saturated rings. The number of halogens is 3. The van der Waals surface area contributed by atoms with Crippen LogP contribution in [0.5, 0.6) is 0 Å². The van der Waals surface area contributed by atoms with E-state index in [1.54, 1.807) is 0 Å². The van der Waals surface area contributed by atoms with Gasteiger partial charge in [-0.2, -0.15) is 13.2 Å². The van der Waals surface area contributed by atoms with E-state index in [2.05, 4.69) is 9.59 Å². The fraction of sp³-hybridized carbons (Fsp3) is 0.400. The third-order valence-corrected chi connectivity index (χ3v) is 1.62. The first-order valence-corrected chi connectivity index (χ1v) is 3.70. The van der Waals surface area contributed by atoms with Crippen molar-refractivity contribution >= 4 is 17.3 Å². The smallest absolute Gasteiger partial charge is 0.289 e. The van der Waals surface area contributed by atoms with Gasteiger partial charge in [0.2, 0.25) is 5.78 Å². The summed E-state index contributed by atoms with van der Waals surface area (Å²) in [5.74, 6) is -1.80. The first kappa shape index (κ1) is 9.11. The molecule has 0 aliphatic carbocycles. The Morgan fingerprint density at radius 1 is 1.58 bits per heavy atom. The maximum Gasteiger partial charge on any atom is 0.450 e. The summed E-state index contributed by atoms with van der Waals surface area (Å²) >= 11 is 0.912. The number of hydrogen-bond donors (Lipinski definition) is 0. The summed E-state index contributed by atoms with van der Waals surface area (Å²) in [6, 6.07) is 0. The Morgan fingerprint density at radius 2 is 2.25 bits per heavy atom. The van der Waals surface area contributed by atoms with Gasteiger partial charge in [0.25, 0.3) is 0 Å². The highest BCUT2D eigenvalue weighted by atomic mass is 32.1. The van der Waals surface area contributed by atoms with Crippen LogP contribution in [0.1, 0.15) is 5.69 Å². The van der Waals surface area contributed by atoms with E-state index >= 15 is 0 Å². The molecule has 0 bridgehead atoms. The van der Waals surface area contributed by atoms with Gasteiger partial charge in [-0.15, -0.1) is 5.10 Å². The third-order valence-electron chi connectivity index (χ3n) is 1.06. The number of hydrogen-bond acceptors (Lipinski definition) is 4. The minimum atomic E-state index is -4.77. The van der Waals surface area contributed by atoms with Gasteiger partial charge in [-0.05, 0) is 11.5 Å². The zero-order valence-corrected chi connectivity index (χ0v) is 6.45. The minimum Gasteiger partial charge on any atom is -0.289 e. The molecule has 0 saturated carbocycles. The number of Topliss-reactive ketones (excluding diaryl/α,β-unsaturated/α-hetero) is 1. The second-order valence-corrected chi connectivity index (χ2v) is 2.60. The van der Waals surface area contributed by atoms with E-state index in [1.165, 1.54) is 5.38 Å². The molecule has 0 aliphatic rings. The van der Waals surface area contributed by atoms with E-state index < -0.39 is 18.4 Å². The van der Waals surface area contributed by atoms with Gasteiger partial charge >= 0.3 is 6.18 Å². The molecule has 12 heavy (non-hydrogen) atoms. The number of nitrogens with zero attached hydrogens (tertiary/aromatic N) is 2. The van der Waals surface area contributed by atoms with Gasteiger partial charge in [0.05, 0.1) is 12.1 Å². The average Bonchev–Trinajstić information content (AvgIpc) is 2.37.